The molecular formula is C25H31NO. The van der Waals surface area contributed by atoms with Crippen LogP contribution in [0.25, 0.3) is 0 Å². The lowest BCUT2D eigenvalue weighted by Gasteiger charge is -2.45. The minimum atomic E-state index is 0.637. The summed E-state index contributed by atoms with van der Waals surface area (Å²) in [5.74, 6) is 0. The molecule has 2 aromatic rings. The first-order valence-corrected chi connectivity index (χ1v) is 10.5. The Bertz CT molecular complexity index is 725. The molecule has 2 atom stereocenters. The Morgan fingerprint density at radius 1 is 0.889 bits per heavy atom. The molecule has 2 aromatic carbocycles. The lowest BCUT2D eigenvalue weighted by Crippen LogP contribution is -2.48. The Balaban J connectivity index is 1.26. The van der Waals surface area contributed by atoms with E-state index in [2.05, 4.69) is 71.6 Å². The monoisotopic (exact) mass is 361 g/mol. The zero-order valence-electron chi connectivity index (χ0n) is 16.2. The van der Waals surface area contributed by atoms with E-state index in [0.717, 1.165) is 32.2 Å². The van der Waals surface area contributed by atoms with Crippen molar-refractivity contribution in [3.63, 3.8) is 0 Å². The average molecular weight is 362 g/mol. The SMILES string of the molecule is C1=C(CCCOCc2ccccc2)CC2CCCC1N2Cc1ccccc1. The van der Waals surface area contributed by atoms with Crippen LogP contribution in [-0.2, 0) is 17.9 Å². The van der Waals surface area contributed by atoms with Gasteiger partial charge in [-0.25, -0.2) is 0 Å². The molecule has 1 saturated heterocycles. The molecular weight excluding hydrogens is 330 g/mol. The summed E-state index contributed by atoms with van der Waals surface area (Å²) < 4.78 is 5.87. The maximum Gasteiger partial charge on any atom is 0.0716 e. The van der Waals surface area contributed by atoms with Gasteiger partial charge in [-0.15, -0.1) is 0 Å². The van der Waals surface area contributed by atoms with Crippen molar-refractivity contribution in [1.29, 1.82) is 0 Å². The van der Waals surface area contributed by atoms with Gasteiger partial charge in [0.2, 0.25) is 0 Å². The molecule has 2 nitrogen and oxygen atoms in total. The van der Waals surface area contributed by atoms with Crippen molar-refractivity contribution in [1.82, 2.24) is 4.90 Å². The molecule has 0 aliphatic carbocycles. The van der Waals surface area contributed by atoms with Gasteiger partial charge in [0.25, 0.3) is 0 Å². The van der Waals surface area contributed by atoms with E-state index in [4.69, 9.17) is 4.74 Å². The van der Waals surface area contributed by atoms with Crippen molar-refractivity contribution >= 4 is 0 Å². The summed E-state index contributed by atoms with van der Waals surface area (Å²) in [6.07, 6.45) is 10.2. The van der Waals surface area contributed by atoms with E-state index < -0.39 is 0 Å². The topological polar surface area (TPSA) is 12.5 Å². The number of rotatable bonds is 8. The third-order valence-corrected chi connectivity index (χ3v) is 5.96. The first-order chi connectivity index (χ1) is 13.4. The largest absolute Gasteiger partial charge is 0.377 e. The molecule has 142 valence electrons. The van der Waals surface area contributed by atoms with Gasteiger partial charge in [0.1, 0.15) is 0 Å². The molecule has 2 heteroatoms. The molecule has 0 spiro atoms. The van der Waals surface area contributed by atoms with Gasteiger partial charge in [0.15, 0.2) is 0 Å². The summed E-state index contributed by atoms with van der Waals surface area (Å²) in [6, 6.07) is 22.8. The predicted molar refractivity (Wildman–Crippen MR) is 111 cm³/mol. The van der Waals surface area contributed by atoms with Crippen LogP contribution in [-0.4, -0.2) is 23.6 Å². The smallest absolute Gasteiger partial charge is 0.0716 e. The second-order valence-corrected chi connectivity index (χ2v) is 7.98. The molecule has 4 rings (SSSR count). The summed E-state index contributed by atoms with van der Waals surface area (Å²) in [5, 5.41) is 0. The molecule has 2 heterocycles. The molecule has 2 bridgehead atoms. The van der Waals surface area contributed by atoms with Gasteiger partial charge in [-0.3, -0.25) is 4.90 Å². The normalized spacial score (nSPS) is 22.4. The minimum absolute atomic E-state index is 0.637. The van der Waals surface area contributed by atoms with Gasteiger partial charge in [0, 0.05) is 25.2 Å². The zero-order chi connectivity index (χ0) is 18.3. The number of hydrogen-bond acceptors (Lipinski definition) is 2. The van der Waals surface area contributed by atoms with Gasteiger partial charge in [-0.05, 0) is 43.2 Å². The second-order valence-electron chi connectivity index (χ2n) is 7.98. The summed E-state index contributed by atoms with van der Waals surface area (Å²) in [7, 11) is 0. The Morgan fingerprint density at radius 3 is 2.37 bits per heavy atom. The molecule has 0 amide bonds. The maximum absolute atomic E-state index is 5.87. The number of hydrogen-bond donors (Lipinski definition) is 0. The van der Waals surface area contributed by atoms with Crippen molar-refractivity contribution in [2.24, 2.45) is 0 Å². The van der Waals surface area contributed by atoms with Gasteiger partial charge >= 0.3 is 0 Å². The highest BCUT2D eigenvalue weighted by molar-refractivity contribution is 5.20. The second kappa shape index (κ2) is 9.34. The lowest BCUT2D eigenvalue weighted by molar-refractivity contribution is 0.0858. The Morgan fingerprint density at radius 2 is 1.63 bits per heavy atom. The van der Waals surface area contributed by atoms with Crippen LogP contribution in [0.4, 0.5) is 0 Å². The van der Waals surface area contributed by atoms with E-state index in [1.807, 2.05) is 0 Å². The van der Waals surface area contributed by atoms with Crippen molar-refractivity contribution in [2.75, 3.05) is 6.61 Å². The quantitative estimate of drug-likeness (QED) is 0.439. The first kappa shape index (κ1) is 18.5. The predicted octanol–water partition coefficient (Wildman–Crippen LogP) is 5.74. The molecule has 0 radical (unpaired) electrons. The van der Waals surface area contributed by atoms with Crippen molar-refractivity contribution in [2.45, 2.75) is 63.8 Å². The molecule has 2 aliphatic heterocycles. The number of nitrogens with zero attached hydrogens (tertiary/aromatic N) is 1. The third-order valence-electron chi connectivity index (χ3n) is 5.96. The molecule has 2 unspecified atom stereocenters. The van der Waals surface area contributed by atoms with Crippen LogP contribution >= 0.6 is 0 Å². The summed E-state index contributed by atoms with van der Waals surface area (Å²) in [5.41, 5.74) is 4.37. The molecule has 2 aliphatic rings. The molecule has 0 N–H and O–H groups in total. The van der Waals surface area contributed by atoms with Crippen molar-refractivity contribution < 1.29 is 4.74 Å². The number of ether oxygens (including phenoxy) is 1. The van der Waals surface area contributed by atoms with Gasteiger partial charge in [0.05, 0.1) is 6.61 Å². The van der Waals surface area contributed by atoms with Crippen molar-refractivity contribution in [3.8, 4) is 0 Å². The van der Waals surface area contributed by atoms with Gasteiger partial charge in [-0.1, -0.05) is 78.7 Å². The van der Waals surface area contributed by atoms with Gasteiger partial charge in [-0.2, -0.15) is 0 Å². The molecule has 0 aromatic heterocycles. The van der Waals surface area contributed by atoms with Crippen LogP contribution in [0.2, 0.25) is 0 Å². The van der Waals surface area contributed by atoms with E-state index >= 15 is 0 Å². The maximum atomic E-state index is 5.87. The summed E-state index contributed by atoms with van der Waals surface area (Å²) in [4.78, 5) is 2.74. The molecule has 27 heavy (non-hydrogen) atoms. The Labute approximate surface area is 163 Å². The van der Waals surface area contributed by atoms with Crippen LogP contribution in [0.5, 0.6) is 0 Å². The number of piperidine rings is 1. The number of fused-ring (bicyclic) bond motifs is 2. The molecule has 1 fully saturated rings. The van der Waals surface area contributed by atoms with Gasteiger partial charge < -0.3 is 4.74 Å². The summed E-state index contributed by atoms with van der Waals surface area (Å²) in [6.45, 7) is 2.69. The highest BCUT2D eigenvalue weighted by Gasteiger charge is 2.33. The van der Waals surface area contributed by atoms with Crippen LogP contribution in [0.3, 0.4) is 0 Å². The fourth-order valence-corrected chi connectivity index (χ4v) is 4.60. The van der Waals surface area contributed by atoms with Crippen LogP contribution < -0.4 is 0 Å². The van der Waals surface area contributed by atoms with Crippen LogP contribution in [0.1, 0.15) is 49.7 Å². The highest BCUT2D eigenvalue weighted by atomic mass is 16.5. The third kappa shape index (κ3) is 5.09. The lowest BCUT2D eigenvalue weighted by atomic mass is 9.83. The average Bonchev–Trinajstić information content (AvgIpc) is 2.70. The minimum Gasteiger partial charge on any atom is -0.377 e. The number of benzene rings is 2. The Hall–Kier alpha value is -1.90. The van der Waals surface area contributed by atoms with Crippen LogP contribution in [0, 0.1) is 0 Å². The van der Waals surface area contributed by atoms with Crippen molar-refractivity contribution in [3.05, 3.63) is 83.4 Å². The Kier molecular flexibility index (Phi) is 6.39. The fraction of sp³-hybridized carbons (Fsp3) is 0.440. The van der Waals surface area contributed by atoms with E-state index in [9.17, 15) is 0 Å². The van der Waals surface area contributed by atoms with Crippen LogP contribution in [0.15, 0.2) is 72.3 Å². The van der Waals surface area contributed by atoms with E-state index in [1.165, 1.54) is 43.2 Å². The summed E-state index contributed by atoms with van der Waals surface area (Å²) >= 11 is 0. The van der Waals surface area contributed by atoms with E-state index in [1.54, 1.807) is 5.57 Å². The zero-order valence-corrected chi connectivity index (χ0v) is 16.2. The first-order valence-electron chi connectivity index (χ1n) is 10.5. The standard InChI is InChI=1S/C25H31NO/c1-3-9-21(10-4-1)19-26-24-14-7-15-25(26)18-23(17-24)13-8-16-27-20-22-11-5-2-6-12-22/h1-6,9-12,17,24-25H,7-8,13-16,18-20H2. The molecule has 0 saturated carbocycles. The highest BCUT2D eigenvalue weighted by Crippen LogP contribution is 2.35. The fourth-order valence-electron chi connectivity index (χ4n) is 4.60. The van der Waals surface area contributed by atoms with E-state index in [-0.39, 0.29) is 0 Å². The van der Waals surface area contributed by atoms with E-state index in [0.29, 0.717) is 6.04 Å².